The van der Waals surface area contributed by atoms with Crippen LogP contribution in [0.2, 0.25) is 0 Å². The Morgan fingerprint density at radius 2 is 2.00 bits per heavy atom. The van der Waals surface area contributed by atoms with E-state index in [9.17, 15) is 9.59 Å². The van der Waals surface area contributed by atoms with Crippen LogP contribution >= 0.6 is 11.3 Å². The summed E-state index contributed by atoms with van der Waals surface area (Å²) in [6, 6.07) is 11.0. The van der Waals surface area contributed by atoms with Crippen LogP contribution in [0.5, 0.6) is 0 Å². The highest BCUT2D eigenvalue weighted by molar-refractivity contribution is 7.10. The largest absolute Gasteiger partial charge is 0.334 e. The summed E-state index contributed by atoms with van der Waals surface area (Å²) in [5.74, 6) is -0.219. The molecule has 1 N–H and O–H groups in total. The quantitative estimate of drug-likeness (QED) is 0.939. The maximum absolute atomic E-state index is 12.5. The minimum atomic E-state index is -0.153. The molecule has 4 nitrogen and oxygen atoms in total. The Hall–Kier alpha value is -2.14. The van der Waals surface area contributed by atoms with Gasteiger partial charge in [0, 0.05) is 30.1 Å². The minimum absolute atomic E-state index is 0.0157. The number of amides is 2. The SMILES string of the molecule is CC(=O)Nc1cccc(C(=O)N(C)C(C)c2cccs2)c1. The first-order chi connectivity index (χ1) is 9.99. The van der Waals surface area contributed by atoms with Crippen molar-refractivity contribution in [3.05, 3.63) is 52.2 Å². The maximum atomic E-state index is 12.5. The molecule has 1 aromatic heterocycles. The Morgan fingerprint density at radius 3 is 2.62 bits per heavy atom. The molecule has 2 amide bonds. The van der Waals surface area contributed by atoms with Crippen molar-refractivity contribution >= 4 is 28.8 Å². The summed E-state index contributed by atoms with van der Waals surface area (Å²) in [6.45, 7) is 3.45. The minimum Gasteiger partial charge on any atom is -0.334 e. The molecule has 1 unspecified atom stereocenters. The topological polar surface area (TPSA) is 49.4 Å². The second-order valence-corrected chi connectivity index (χ2v) is 5.85. The third kappa shape index (κ3) is 3.70. The van der Waals surface area contributed by atoms with Gasteiger partial charge in [0.2, 0.25) is 5.91 Å². The predicted octanol–water partition coefficient (Wildman–Crippen LogP) is 3.54. The number of hydrogen-bond acceptors (Lipinski definition) is 3. The molecular weight excluding hydrogens is 284 g/mol. The fourth-order valence-electron chi connectivity index (χ4n) is 2.03. The van der Waals surface area contributed by atoms with Crippen molar-refractivity contribution in [1.29, 1.82) is 0 Å². The van der Waals surface area contributed by atoms with Gasteiger partial charge in [0.25, 0.3) is 5.91 Å². The van der Waals surface area contributed by atoms with E-state index in [0.717, 1.165) is 4.88 Å². The van der Waals surface area contributed by atoms with Crippen molar-refractivity contribution in [1.82, 2.24) is 4.90 Å². The van der Waals surface area contributed by atoms with Crippen LogP contribution < -0.4 is 5.32 Å². The smallest absolute Gasteiger partial charge is 0.254 e. The van der Waals surface area contributed by atoms with E-state index in [1.807, 2.05) is 24.4 Å². The Balaban J connectivity index is 2.17. The zero-order chi connectivity index (χ0) is 15.4. The molecule has 0 aliphatic carbocycles. The van der Waals surface area contributed by atoms with Crippen LogP contribution in [-0.4, -0.2) is 23.8 Å². The number of nitrogens with zero attached hydrogens (tertiary/aromatic N) is 1. The Bertz CT molecular complexity index is 637. The van der Waals surface area contributed by atoms with Crippen molar-refractivity contribution in [2.45, 2.75) is 19.9 Å². The van der Waals surface area contributed by atoms with Gasteiger partial charge in [-0.2, -0.15) is 0 Å². The molecule has 0 fully saturated rings. The van der Waals surface area contributed by atoms with Gasteiger partial charge < -0.3 is 10.2 Å². The summed E-state index contributed by atoms with van der Waals surface area (Å²) >= 11 is 1.63. The molecule has 0 spiro atoms. The fraction of sp³-hybridized carbons (Fsp3) is 0.250. The van der Waals surface area contributed by atoms with E-state index in [2.05, 4.69) is 5.32 Å². The average Bonchev–Trinajstić information content (AvgIpc) is 2.98. The highest BCUT2D eigenvalue weighted by Gasteiger charge is 2.19. The summed E-state index contributed by atoms with van der Waals surface area (Å²) in [5, 5.41) is 4.69. The Morgan fingerprint density at radius 1 is 1.24 bits per heavy atom. The molecule has 0 saturated heterocycles. The van der Waals surface area contributed by atoms with Gasteiger partial charge >= 0.3 is 0 Å². The summed E-state index contributed by atoms with van der Waals surface area (Å²) in [5.41, 5.74) is 1.19. The molecule has 2 aromatic rings. The molecule has 0 aliphatic rings. The monoisotopic (exact) mass is 302 g/mol. The molecule has 5 heteroatoms. The molecule has 2 rings (SSSR count). The number of anilines is 1. The number of carbonyl (C=O) groups is 2. The van der Waals surface area contributed by atoms with Gasteiger partial charge in [-0.05, 0) is 36.6 Å². The third-order valence-electron chi connectivity index (χ3n) is 3.29. The van der Waals surface area contributed by atoms with Crippen LogP contribution in [-0.2, 0) is 4.79 Å². The standard InChI is InChI=1S/C16H18N2O2S/c1-11(15-8-5-9-21-15)18(3)16(20)13-6-4-7-14(10-13)17-12(2)19/h4-11H,1-3H3,(H,17,19). The van der Waals surface area contributed by atoms with E-state index < -0.39 is 0 Å². The lowest BCUT2D eigenvalue weighted by Gasteiger charge is -2.24. The summed E-state index contributed by atoms with van der Waals surface area (Å²) in [4.78, 5) is 26.5. The molecule has 1 atom stereocenters. The zero-order valence-electron chi connectivity index (χ0n) is 12.3. The lowest BCUT2D eigenvalue weighted by Crippen LogP contribution is -2.29. The van der Waals surface area contributed by atoms with E-state index in [-0.39, 0.29) is 17.9 Å². The molecule has 0 radical (unpaired) electrons. The van der Waals surface area contributed by atoms with Crippen molar-refractivity contribution in [3.8, 4) is 0 Å². The van der Waals surface area contributed by atoms with Gasteiger partial charge in [-0.1, -0.05) is 12.1 Å². The van der Waals surface area contributed by atoms with Gasteiger partial charge in [-0.25, -0.2) is 0 Å². The first-order valence-corrected chi connectivity index (χ1v) is 7.55. The Labute approximate surface area is 128 Å². The van der Waals surface area contributed by atoms with Crippen molar-refractivity contribution in [3.63, 3.8) is 0 Å². The normalized spacial score (nSPS) is 11.8. The Kier molecular flexibility index (Phi) is 4.75. The predicted molar refractivity (Wildman–Crippen MR) is 85.6 cm³/mol. The van der Waals surface area contributed by atoms with Crippen molar-refractivity contribution < 1.29 is 9.59 Å². The first-order valence-electron chi connectivity index (χ1n) is 6.67. The molecule has 1 heterocycles. The lowest BCUT2D eigenvalue weighted by atomic mass is 10.1. The van der Waals surface area contributed by atoms with E-state index in [1.54, 1.807) is 47.5 Å². The number of carbonyl (C=O) groups excluding carboxylic acids is 2. The number of thiophene rings is 1. The maximum Gasteiger partial charge on any atom is 0.254 e. The lowest BCUT2D eigenvalue weighted by molar-refractivity contribution is -0.114. The molecule has 0 bridgehead atoms. The van der Waals surface area contributed by atoms with Gasteiger partial charge in [0.1, 0.15) is 0 Å². The van der Waals surface area contributed by atoms with Gasteiger partial charge in [-0.3, -0.25) is 9.59 Å². The van der Waals surface area contributed by atoms with Gasteiger partial charge in [0.05, 0.1) is 6.04 Å². The van der Waals surface area contributed by atoms with E-state index in [0.29, 0.717) is 11.3 Å². The van der Waals surface area contributed by atoms with Gasteiger partial charge in [0.15, 0.2) is 0 Å². The van der Waals surface area contributed by atoms with Crippen LogP contribution in [0.3, 0.4) is 0 Å². The average molecular weight is 302 g/mol. The number of hydrogen-bond donors (Lipinski definition) is 1. The van der Waals surface area contributed by atoms with Gasteiger partial charge in [-0.15, -0.1) is 11.3 Å². The highest BCUT2D eigenvalue weighted by atomic mass is 32.1. The van der Waals surface area contributed by atoms with E-state index >= 15 is 0 Å². The number of nitrogens with one attached hydrogen (secondary N) is 1. The third-order valence-corrected chi connectivity index (χ3v) is 4.33. The molecule has 110 valence electrons. The second kappa shape index (κ2) is 6.54. The summed E-state index contributed by atoms with van der Waals surface area (Å²) < 4.78 is 0. The van der Waals surface area contributed by atoms with Crippen LogP contribution in [0.15, 0.2) is 41.8 Å². The second-order valence-electron chi connectivity index (χ2n) is 4.87. The molecular formula is C16H18N2O2S. The van der Waals surface area contributed by atoms with Crippen LogP contribution in [0.4, 0.5) is 5.69 Å². The molecule has 1 aromatic carbocycles. The zero-order valence-corrected chi connectivity index (χ0v) is 13.1. The fourth-order valence-corrected chi connectivity index (χ4v) is 2.86. The molecule has 0 aliphatic heterocycles. The molecule has 0 saturated carbocycles. The highest BCUT2D eigenvalue weighted by Crippen LogP contribution is 2.25. The van der Waals surface area contributed by atoms with E-state index in [4.69, 9.17) is 0 Å². The van der Waals surface area contributed by atoms with Crippen LogP contribution in [0.25, 0.3) is 0 Å². The van der Waals surface area contributed by atoms with Crippen LogP contribution in [0, 0.1) is 0 Å². The van der Waals surface area contributed by atoms with Crippen molar-refractivity contribution in [2.75, 3.05) is 12.4 Å². The summed E-state index contributed by atoms with van der Waals surface area (Å²) in [6.07, 6.45) is 0. The number of rotatable bonds is 4. The van der Waals surface area contributed by atoms with Crippen LogP contribution in [0.1, 0.15) is 35.1 Å². The summed E-state index contributed by atoms with van der Waals surface area (Å²) in [7, 11) is 1.79. The molecule has 21 heavy (non-hydrogen) atoms. The first kappa shape index (κ1) is 15.3. The number of benzene rings is 1. The van der Waals surface area contributed by atoms with E-state index in [1.165, 1.54) is 6.92 Å². The van der Waals surface area contributed by atoms with Crippen molar-refractivity contribution in [2.24, 2.45) is 0 Å².